The summed E-state index contributed by atoms with van der Waals surface area (Å²) >= 11 is 0. The van der Waals surface area contributed by atoms with Crippen LogP contribution in [0.3, 0.4) is 0 Å². The van der Waals surface area contributed by atoms with Crippen molar-refractivity contribution in [2.24, 2.45) is 15.7 Å². The average molecular weight is 127 g/mol. The molecule has 0 saturated heterocycles. The van der Waals surface area contributed by atoms with Crippen LogP contribution in [0.1, 0.15) is 0 Å². The minimum Gasteiger partial charge on any atom is -0.475 e. The fourth-order valence-electron chi connectivity index (χ4n) is 0.478. The Morgan fingerprint density at radius 3 is 2.67 bits per heavy atom. The smallest absolute Gasteiger partial charge is 0.373 e. The molecule has 9 heavy (non-hydrogen) atoms. The van der Waals surface area contributed by atoms with Crippen LogP contribution in [0.2, 0.25) is 0 Å². The summed E-state index contributed by atoms with van der Waals surface area (Å²) in [6.07, 6.45) is 0. The first-order chi connectivity index (χ1) is 4.20. The topological polar surface area (TPSA) is 88.0 Å². The number of amidine groups is 2. The minimum absolute atomic E-state index is 0.201. The number of carboxylic acids is 1. The maximum Gasteiger partial charge on any atom is 0.373 e. The Hall–Kier alpha value is -1.39. The molecule has 0 aromatic heterocycles. The van der Waals surface area contributed by atoms with Gasteiger partial charge in [0.25, 0.3) is 0 Å². The maximum absolute atomic E-state index is 10.1. The van der Waals surface area contributed by atoms with Crippen LogP contribution in [-0.4, -0.2) is 29.3 Å². The highest BCUT2D eigenvalue weighted by Gasteiger charge is 2.12. The van der Waals surface area contributed by atoms with E-state index < -0.39 is 5.97 Å². The lowest BCUT2D eigenvalue weighted by atomic mass is 10.6. The molecule has 0 spiro atoms. The second kappa shape index (κ2) is 1.85. The molecule has 1 heterocycles. The number of hydrogen-bond donors (Lipinski definition) is 2. The van der Waals surface area contributed by atoms with Crippen LogP contribution in [-0.2, 0) is 4.79 Å². The van der Waals surface area contributed by atoms with Crippen LogP contribution in [0.25, 0.3) is 0 Å². The van der Waals surface area contributed by atoms with Gasteiger partial charge in [0, 0.05) is 0 Å². The fourth-order valence-corrected chi connectivity index (χ4v) is 0.478. The molecule has 1 aliphatic heterocycles. The summed E-state index contributed by atoms with van der Waals surface area (Å²) in [4.78, 5) is 17.0. The maximum atomic E-state index is 10.1. The highest BCUT2D eigenvalue weighted by atomic mass is 16.4. The lowest BCUT2D eigenvalue weighted by molar-refractivity contribution is -0.129. The molecule has 0 atom stereocenters. The lowest BCUT2D eigenvalue weighted by Crippen LogP contribution is -2.12. The Bertz CT molecular complexity index is 206. The van der Waals surface area contributed by atoms with E-state index in [-0.39, 0.29) is 18.2 Å². The van der Waals surface area contributed by atoms with E-state index in [1.54, 1.807) is 0 Å². The van der Waals surface area contributed by atoms with Crippen molar-refractivity contribution in [3.8, 4) is 0 Å². The second-order valence-corrected chi connectivity index (χ2v) is 1.55. The lowest BCUT2D eigenvalue weighted by Gasteiger charge is -1.81. The van der Waals surface area contributed by atoms with Gasteiger partial charge >= 0.3 is 5.97 Å². The predicted octanol–water partition coefficient (Wildman–Crippen LogP) is -1.16. The van der Waals surface area contributed by atoms with Gasteiger partial charge in [-0.15, -0.1) is 0 Å². The van der Waals surface area contributed by atoms with Gasteiger partial charge in [-0.25, -0.2) is 9.79 Å². The zero-order valence-corrected chi connectivity index (χ0v) is 4.53. The number of hydrogen-bond acceptors (Lipinski definition) is 4. The quantitative estimate of drug-likeness (QED) is 0.465. The van der Waals surface area contributed by atoms with E-state index in [1.165, 1.54) is 0 Å². The Labute approximate surface area is 50.9 Å². The molecule has 1 aliphatic rings. The number of rotatable bonds is 1. The summed E-state index contributed by atoms with van der Waals surface area (Å²) in [6, 6.07) is 0. The Balaban J connectivity index is 2.75. The van der Waals surface area contributed by atoms with E-state index in [1.807, 2.05) is 0 Å². The zero-order chi connectivity index (χ0) is 6.85. The highest BCUT2D eigenvalue weighted by molar-refractivity contribution is 6.38. The van der Waals surface area contributed by atoms with Crippen LogP contribution in [0.4, 0.5) is 0 Å². The van der Waals surface area contributed by atoms with Gasteiger partial charge in [-0.1, -0.05) is 0 Å². The summed E-state index contributed by atoms with van der Waals surface area (Å²) in [7, 11) is 0. The molecule has 0 fully saturated rings. The van der Waals surface area contributed by atoms with Crippen molar-refractivity contribution in [3.63, 3.8) is 0 Å². The first-order valence-electron chi connectivity index (χ1n) is 2.31. The molecule has 3 N–H and O–H groups in total. The van der Waals surface area contributed by atoms with Crippen molar-refractivity contribution < 1.29 is 9.90 Å². The summed E-state index contributed by atoms with van der Waals surface area (Å²) in [5.74, 6) is -1.07. The third kappa shape index (κ3) is 1.04. The van der Waals surface area contributed by atoms with Crippen molar-refractivity contribution in [1.82, 2.24) is 0 Å². The van der Waals surface area contributed by atoms with Gasteiger partial charge in [-0.2, -0.15) is 0 Å². The van der Waals surface area contributed by atoms with Gasteiger partial charge in [0.1, 0.15) is 5.84 Å². The van der Waals surface area contributed by atoms with Gasteiger partial charge in [0.05, 0.1) is 6.54 Å². The first kappa shape index (κ1) is 5.74. The van der Waals surface area contributed by atoms with Crippen LogP contribution in [0.5, 0.6) is 0 Å². The van der Waals surface area contributed by atoms with Gasteiger partial charge in [-0.05, 0) is 0 Å². The van der Waals surface area contributed by atoms with E-state index >= 15 is 0 Å². The number of aliphatic carboxylic acids is 1. The van der Waals surface area contributed by atoms with Gasteiger partial charge in [0.2, 0.25) is 5.84 Å². The highest BCUT2D eigenvalue weighted by Crippen LogP contribution is 1.91. The number of nitrogens with zero attached hydrogens (tertiary/aromatic N) is 2. The summed E-state index contributed by atoms with van der Waals surface area (Å²) in [6.45, 7) is 0.210. The molecule has 0 bridgehead atoms. The summed E-state index contributed by atoms with van der Waals surface area (Å²) in [5.41, 5.74) is 5.14. The second-order valence-electron chi connectivity index (χ2n) is 1.55. The number of nitrogens with two attached hydrogens (primary N) is 1. The summed E-state index contributed by atoms with van der Waals surface area (Å²) < 4.78 is 0. The first-order valence-corrected chi connectivity index (χ1v) is 2.31. The van der Waals surface area contributed by atoms with E-state index in [4.69, 9.17) is 10.8 Å². The molecule has 48 valence electrons. The standard InChI is InChI=1S/C4H5N3O2/c5-2-1-6-3(7-2)4(8)9/h1H2,(H,8,9)(H2,5,6,7). The molecule has 1 rings (SSSR count). The molecular weight excluding hydrogens is 122 g/mol. The van der Waals surface area contributed by atoms with Crippen molar-refractivity contribution >= 4 is 17.6 Å². The van der Waals surface area contributed by atoms with Crippen molar-refractivity contribution in [2.75, 3.05) is 6.54 Å². The molecule has 5 nitrogen and oxygen atoms in total. The third-order valence-electron chi connectivity index (χ3n) is 0.832. The predicted molar refractivity (Wildman–Crippen MR) is 31.6 cm³/mol. The Kier molecular flexibility index (Phi) is 1.18. The average Bonchev–Trinajstić information content (AvgIpc) is 2.14. The van der Waals surface area contributed by atoms with E-state index in [2.05, 4.69) is 9.98 Å². The molecule has 0 unspecified atom stereocenters. The van der Waals surface area contributed by atoms with Crippen LogP contribution in [0.15, 0.2) is 9.98 Å². The molecule has 5 heteroatoms. The molecular formula is C4H5N3O2. The summed E-state index contributed by atoms with van der Waals surface area (Å²) in [5, 5.41) is 8.24. The van der Waals surface area contributed by atoms with E-state index in [0.29, 0.717) is 0 Å². The monoisotopic (exact) mass is 127 g/mol. The van der Waals surface area contributed by atoms with E-state index in [9.17, 15) is 4.79 Å². The van der Waals surface area contributed by atoms with Gasteiger partial charge in [0.15, 0.2) is 0 Å². The Morgan fingerprint density at radius 1 is 1.78 bits per heavy atom. The van der Waals surface area contributed by atoms with Crippen molar-refractivity contribution in [1.29, 1.82) is 0 Å². The zero-order valence-electron chi connectivity index (χ0n) is 4.53. The fraction of sp³-hybridized carbons (Fsp3) is 0.250. The largest absolute Gasteiger partial charge is 0.475 e. The molecule has 0 saturated carbocycles. The molecule has 0 aromatic rings. The van der Waals surface area contributed by atoms with Crippen LogP contribution >= 0.6 is 0 Å². The number of aliphatic imine (C=N–C) groups is 2. The molecule has 0 aromatic carbocycles. The molecule has 0 radical (unpaired) electrons. The Morgan fingerprint density at radius 2 is 2.44 bits per heavy atom. The molecule has 0 amide bonds. The van der Waals surface area contributed by atoms with Crippen molar-refractivity contribution in [2.45, 2.75) is 0 Å². The van der Waals surface area contributed by atoms with Crippen LogP contribution < -0.4 is 5.73 Å². The normalized spacial score (nSPS) is 16.9. The van der Waals surface area contributed by atoms with Crippen LogP contribution in [0, 0.1) is 0 Å². The minimum atomic E-state index is -1.13. The van der Waals surface area contributed by atoms with Gasteiger partial charge in [-0.3, -0.25) is 4.99 Å². The van der Waals surface area contributed by atoms with E-state index in [0.717, 1.165) is 0 Å². The van der Waals surface area contributed by atoms with Gasteiger partial charge < -0.3 is 10.8 Å². The van der Waals surface area contributed by atoms with Crippen molar-refractivity contribution in [3.05, 3.63) is 0 Å². The number of carboxylic acid groups (broad SMARTS) is 1. The SMILES string of the molecule is NC1=NC(C(=O)O)=NC1. The molecule has 0 aliphatic carbocycles. The number of carbonyl (C=O) groups is 1. The third-order valence-corrected chi connectivity index (χ3v) is 0.832.